The summed E-state index contributed by atoms with van der Waals surface area (Å²) in [6, 6.07) is 0.398. The van der Waals surface area contributed by atoms with Gasteiger partial charge in [-0.2, -0.15) is 0 Å². The zero-order valence-corrected chi connectivity index (χ0v) is 6.98. The van der Waals surface area contributed by atoms with Gasteiger partial charge in [0.05, 0.1) is 6.04 Å². The molecule has 4 nitrogen and oxygen atoms in total. The molecule has 1 unspecified atom stereocenters. The lowest BCUT2D eigenvalue weighted by Gasteiger charge is -2.30. The molecule has 3 N–H and O–H groups in total. The van der Waals surface area contributed by atoms with E-state index in [2.05, 4.69) is 16.0 Å². The van der Waals surface area contributed by atoms with Gasteiger partial charge in [-0.15, -0.1) is 0 Å². The molecule has 1 heterocycles. The highest BCUT2D eigenvalue weighted by Gasteiger charge is 2.20. The van der Waals surface area contributed by atoms with Crippen molar-refractivity contribution < 1.29 is 4.79 Å². The maximum absolute atomic E-state index is 11.0. The summed E-state index contributed by atoms with van der Waals surface area (Å²) in [5, 5.41) is 8.92. The minimum absolute atomic E-state index is 0.0527. The highest BCUT2D eigenvalue weighted by molar-refractivity contribution is 5.80. The molecule has 0 spiro atoms. The van der Waals surface area contributed by atoms with Crippen LogP contribution >= 0.6 is 0 Å². The largest absolute Gasteiger partial charge is 0.358 e. The zero-order chi connectivity index (χ0) is 8.27. The van der Waals surface area contributed by atoms with E-state index in [9.17, 15) is 4.79 Å². The lowest BCUT2D eigenvalue weighted by Crippen LogP contribution is -2.59. The summed E-state index contributed by atoms with van der Waals surface area (Å²) >= 11 is 0. The second kappa shape index (κ2) is 3.69. The summed E-state index contributed by atoms with van der Waals surface area (Å²) in [7, 11) is 1.65. The van der Waals surface area contributed by atoms with Crippen molar-refractivity contribution in [3.8, 4) is 0 Å². The molecule has 1 amide bonds. The Morgan fingerprint density at radius 3 is 2.64 bits per heavy atom. The molecule has 4 heteroatoms. The van der Waals surface area contributed by atoms with E-state index in [0.717, 1.165) is 13.1 Å². The zero-order valence-electron chi connectivity index (χ0n) is 6.98. The number of rotatable bonds is 3. The first-order chi connectivity index (χ1) is 5.24. The van der Waals surface area contributed by atoms with Gasteiger partial charge >= 0.3 is 0 Å². The molecule has 1 fully saturated rings. The number of hydrogen-bond acceptors (Lipinski definition) is 3. The SMILES string of the molecule is CNC(=O)C(C)NC1CNC1. The highest BCUT2D eigenvalue weighted by Crippen LogP contribution is 1.93. The Balaban J connectivity index is 2.18. The van der Waals surface area contributed by atoms with E-state index in [4.69, 9.17) is 0 Å². The van der Waals surface area contributed by atoms with Crippen molar-refractivity contribution in [3.05, 3.63) is 0 Å². The van der Waals surface area contributed by atoms with Gasteiger partial charge in [0.2, 0.25) is 5.91 Å². The molecule has 11 heavy (non-hydrogen) atoms. The summed E-state index contributed by atoms with van der Waals surface area (Å²) in [5.41, 5.74) is 0. The average Bonchev–Trinajstić information content (AvgIpc) is 1.94. The Labute approximate surface area is 66.7 Å². The van der Waals surface area contributed by atoms with E-state index in [1.165, 1.54) is 0 Å². The van der Waals surface area contributed by atoms with Gasteiger partial charge < -0.3 is 16.0 Å². The molecule has 0 aromatic carbocycles. The van der Waals surface area contributed by atoms with Crippen LogP contribution < -0.4 is 16.0 Å². The fraction of sp³-hybridized carbons (Fsp3) is 0.857. The van der Waals surface area contributed by atoms with Gasteiger partial charge in [0.15, 0.2) is 0 Å². The molecule has 1 rings (SSSR count). The molecule has 0 aromatic rings. The normalized spacial score (nSPS) is 20.5. The molecule has 1 saturated heterocycles. The third kappa shape index (κ3) is 2.17. The molecule has 1 atom stereocenters. The Morgan fingerprint density at radius 1 is 1.64 bits per heavy atom. The molecule has 1 aliphatic rings. The van der Waals surface area contributed by atoms with Gasteiger partial charge in [0, 0.05) is 26.2 Å². The lowest BCUT2D eigenvalue weighted by atomic mass is 10.1. The van der Waals surface area contributed by atoms with Crippen molar-refractivity contribution in [3.63, 3.8) is 0 Å². The van der Waals surface area contributed by atoms with Crippen LogP contribution in [0.3, 0.4) is 0 Å². The van der Waals surface area contributed by atoms with Gasteiger partial charge in [-0.1, -0.05) is 0 Å². The minimum atomic E-state index is -0.0768. The van der Waals surface area contributed by atoms with Crippen molar-refractivity contribution >= 4 is 5.91 Å². The molecular weight excluding hydrogens is 142 g/mol. The predicted octanol–water partition coefficient (Wildman–Crippen LogP) is -1.32. The standard InChI is InChI=1S/C7H15N3O/c1-5(7(11)8-2)10-6-3-9-4-6/h5-6,9-10H,3-4H2,1-2H3,(H,8,11). The van der Waals surface area contributed by atoms with Crippen LogP contribution in [0.2, 0.25) is 0 Å². The van der Waals surface area contributed by atoms with Gasteiger partial charge in [0.25, 0.3) is 0 Å². The molecule has 0 aromatic heterocycles. The van der Waals surface area contributed by atoms with Gasteiger partial charge in [-0.3, -0.25) is 4.79 Å². The quantitative estimate of drug-likeness (QED) is 0.476. The van der Waals surface area contributed by atoms with E-state index < -0.39 is 0 Å². The molecule has 1 aliphatic heterocycles. The summed E-state index contributed by atoms with van der Waals surface area (Å²) in [6.07, 6.45) is 0. The van der Waals surface area contributed by atoms with Crippen LogP contribution in [0.25, 0.3) is 0 Å². The Kier molecular flexibility index (Phi) is 2.84. The van der Waals surface area contributed by atoms with E-state index in [0.29, 0.717) is 6.04 Å². The molecule has 64 valence electrons. The van der Waals surface area contributed by atoms with Crippen LogP contribution in [-0.4, -0.2) is 38.1 Å². The van der Waals surface area contributed by atoms with Crippen molar-refractivity contribution in [1.82, 2.24) is 16.0 Å². The van der Waals surface area contributed by atoms with Crippen molar-refractivity contribution in [2.75, 3.05) is 20.1 Å². The van der Waals surface area contributed by atoms with E-state index in [1.54, 1.807) is 7.05 Å². The van der Waals surface area contributed by atoms with E-state index in [1.807, 2.05) is 6.92 Å². The number of carbonyl (C=O) groups excluding carboxylic acids is 1. The summed E-state index contributed by atoms with van der Waals surface area (Å²) in [6.45, 7) is 3.82. The maximum atomic E-state index is 11.0. The van der Waals surface area contributed by atoms with E-state index in [-0.39, 0.29) is 11.9 Å². The molecule has 0 aliphatic carbocycles. The average molecular weight is 157 g/mol. The fourth-order valence-electron chi connectivity index (χ4n) is 1.05. The van der Waals surface area contributed by atoms with Gasteiger partial charge in [-0.25, -0.2) is 0 Å². The smallest absolute Gasteiger partial charge is 0.236 e. The van der Waals surface area contributed by atoms with Crippen LogP contribution in [0.5, 0.6) is 0 Å². The first-order valence-corrected chi connectivity index (χ1v) is 3.92. The minimum Gasteiger partial charge on any atom is -0.358 e. The van der Waals surface area contributed by atoms with Gasteiger partial charge in [-0.05, 0) is 6.92 Å². The first kappa shape index (κ1) is 8.49. The number of nitrogens with one attached hydrogen (secondary N) is 3. The second-order valence-electron chi connectivity index (χ2n) is 2.86. The molecule has 0 bridgehead atoms. The third-order valence-corrected chi connectivity index (χ3v) is 1.91. The fourth-order valence-corrected chi connectivity index (χ4v) is 1.05. The highest BCUT2D eigenvalue weighted by atomic mass is 16.2. The van der Waals surface area contributed by atoms with Crippen LogP contribution in [0, 0.1) is 0 Å². The molecule has 0 saturated carbocycles. The molecule has 0 radical (unpaired) electrons. The number of carbonyl (C=O) groups is 1. The number of likely N-dealkylation sites (N-methyl/N-ethyl adjacent to an activating group) is 1. The van der Waals surface area contributed by atoms with Crippen LogP contribution in [0.15, 0.2) is 0 Å². The Hall–Kier alpha value is -0.610. The lowest BCUT2D eigenvalue weighted by molar-refractivity contribution is -0.122. The van der Waals surface area contributed by atoms with Crippen LogP contribution in [0.1, 0.15) is 6.92 Å². The number of hydrogen-bond donors (Lipinski definition) is 3. The second-order valence-corrected chi connectivity index (χ2v) is 2.86. The van der Waals surface area contributed by atoms with Crippen LogP contribution in [-0.2, 0) is 4.79 Å². The van der Waals surface area contributed by atoms with Gasteiger partial charge in [0.1, 0.15) is 0 Å². The summed E-state index contributed by atoms with van der Waals surface area (Å²) < 4.78 is 0. The monoisotopic (exact) mass is 157 g/mol. The topological polar surface area (TPSA) is 53.2 Å². The van der Waals surface area contributed by atoms with Crippen LogP contribution in [0.4, 0.5) is 0 Å². The summed E-state index contributed by atoms with van der Waals surface area (Å²) in [5.74, 6) is 0.0527. The Morgan fingerprint density at radius 2 is 2.27 bits per heavy atom. The Bertz CT molecular complexity index is 145. The van der Waals surface area contributed by atoms with Crippen molar-refractivity contribution in [1.29, 1.82) is 0 Å². The first-order valence-electron chi connectivity index (χ1n) is 3.92. The number of amides is 1. The third-order valence-electron chi connectivity index (χ3n) is 1.91. The van der Waals surface area contributed by atoms with Crippen molar-refractivity contribution in [2.24, 2.45) is 0 Å². The molecular formula is C7H15N3O. The van der Waals surface area contributed by atoms with Crippen molar-refractivity contribution in [2.45, 2.75) is 19.0 Å². The maximum Gasteiger partial charge on any atom is 0.236 e. The summed E-state index contributed by atoms with van der Waals surface area (Å²) in [4.78, 5) is 11.0. The predicted molar refractivity (Wildman–Crippen MR) is 43.3 cm³/mol. The van der Waals surface area contributed by atoms with E-state index >= 15 is 0 Å².